The lowest BCUT2D eigenvalue weighted by atomic mass is 10.1. The molecule has 0 saturated heterocycles. The van der Waals surface area contributed by atoms with Crippen LogP contribution in [-0.2, 0) is 9.59 Å². The number of hydrogen-bond acceptors (Lipinski definition) is 4. The first-order valence-electron chi connectivity index (χ1n) is 8.14. The van der Waals surface area contributed by atoms with Gasteiger partial charge in [-0.05, 0) is 44.2 Å². The van der Waals surface area contributed by atoms with Crippen molar-refractivity contribution in [1.82, 2.24) is 0 Å². The summed E-state index contributed by atoms with van der Waals surface area (Å²) < 4.78 is 32.9. The molecule has 2 aromatic carbocycles. The van der Waals surface area contributed by atoms with Gasteiger partial charge >= 0.3 is 0 Å². The van der Waals surface area contributed by atoms with Gasteiger partial charge in [-0.2, -0.15) is 0 Å². The highest BCUT2D eigenvalue weighted by Crippen LogP contribution is 2.34. The molecule has 0 fully saturated rings. The Bertz CT molecular complexity index is 925. The molecule has 1 unspecified atom stereocenters. The average molecular weight is 374 g/mol. The lowest BCUT2D eigenvalue weighted by Crippen LogP contribution is -2.49. The molecule has 3 rings (SSSR count). The number of halogens is 2. The van der Waals surface area contributed by atoms with Crippen molar-refractivity contribution in [3.63, 3.8) is 0 Å². The fourth-order valence-corrected chi connectivity index (χ4v) is 2.78. The Kier molecular flexibility index (Phi) is 4.89. The van der Waals surface area contributed by atoms with E-state index in [1.807, 2.05) is 0 Å². The summed E-state index contributed by atoms with van der Waals surface area (Å²) in [5.41, 5.74) is -0.00631. The van der Waals surface area contributed by atoms with Crippen LogP contribution in [0.3, 0.4) is 0 Å². The van der Waals surface area contributed by atoms with Gasteiger partial charge in [0.15, 0.2) is 12.4 Å². The normalized spacial score (nSPS) is 14.2. The molecule has 1 heterocycles. The monoisotopic (exact) mass is 374 g/mol. The van der Waals surface area contributed by atoms with Gasteiger partial charge in [-0.25, -0.2) is 8.78 Å². The van der Waals surface area contributed by atoms with E-state index in [-0.39, 0.29) is 18.1 Å². The van der Waals surface area contributed by atoms with Crippen molar-refractivity contribution >= 4 is 29.0 Å². The number of Topliss-reactive ketones (excluding diaryl/α,β-unsaturated/α-hetero) is 1. The van der Waals surface area contributed by atoms with E-state index in [4.69, 9.17) is 4.74 Å². The zero-order chi connectivity index (χ0) is 19.7. The van der Waals surface area contributed by atoms with Gasteiger partial charge in [0.25, 0.3) is 5.91 Å². The molecule has 8 heteroatoms. The molecule has 0 saturated carbocycles. The van der Waals surface area contributed by atoms with Crippen LogP contribution >= 0.6 is 0 Å². The molecule has 1 aliphatic heterocycles. The number of amides is 2. The first-order valence-corrected chi connectivity index (χ1v) is 8.14. The Balaban J connectivity index is 1.93. The van der Waals surface area contributed by atoms with Gasteiger partial charge in [-0.1, -0.05) is 6.07 Å². The molecule has 27 heavy (non-hydrogen) atoms. The Hall–Kier alpha value is -3.29. The Morgan fingerprint density at radius 2 is 1.85 bits per heavy atom. The first kappa shape index (κ1) is 18.5. The summed E-state index contributed by atoms with van der Waals surface area (Å²) >= 11 is 0. The third-order valence-electron chi connectivity index (χ3n) is 4.22. The molecule has 1 aliphatic rings. The second-order valence-electron chi connectivity index (χ2n) is 6.05. The molecule has 0 aliphatic carbocycles. The number of ketones is 1. The molecule has 1 N–H and O–H groups in total. The van der Waals surface area contributed by atoms with Crippen molar-refractivity contribution in [2.45, 2.75) is 19.9 Å². The average Bonchev–Trinajstić information content (AvgIpc) is 2.63. The molecular weight excluding hydrogens is 358 g/mol. The number of hydrogen-bond donors (Lipinski definition) is 1. The number of fused-ring (bicyclic) bond motifs is 1. The van der Waals surface area contributed by atoms with Crippen LogP contribution in [0.25, 0.3) is 0 Å². The van der Waals surface area contributed by atoms with Gasteiger partial charge in [-0.15, -0.1) is 0 Å². The van der Waals surface area contributed by atoms with Crippen LogP contribution in [0.15, 0.2) is 36.4 Å². The summed E-state index contributed by atoms with van der Waals surface area (Å²) in [6, 6.07) is 6.63. The standard InChI is InChI=1S/C19H16F2N2O4/c1-10(19(26)22-18-13(20)4-3-5-14(18)21)23-15-8-12(11(2)24)6-7-16(15)27-9-17(23)25/h3-8,10H,9H2,1-2H3,(H,22,26). The summed E-state index contributed by atoms with van der Waals surface area (Å²) in [5.74, 6) is -3.04. The predicted molar refractivity (Wildman–Crippen MR) is 93.9 cm³/mol. The SMILES string of the molecule is CC(=O)c1ccc2c(c1)N(C(C)C(=O)Nc1c(F)cccc1F)C(=O)CO2. The van der Waals surface area contributed by atoms with Crippen LogP contribution in [0.2, 0.25) is 0 Å². The molecule has 0 aromatic heterocycles. The number of nitrogens with zero attached hydrogens (tertiary/aromatic N) is 1. The lowest BCUT2D eigenvalue weighted by molar-refractivity contribution is -0.125. The van der Waals surface area contributed by atoms with Crippen molar-refractivity contribution in [1.29, 1.82) is 0 Å². The zero-order valence-electron chi connectivity index (χ0n) is 14.6. The highest BCUT2D eigenvalue weighted by molar-refractivity contribution is 6.08. The molecule has 0 spiro atoms. The molecular formula is C19H16F2N2O4. The minimum atomic E-state index is -1.10. The van der Waals surface area contributed by atoms with Gasteiger partial charge in [0.2, 0.25) is 5.91 Å². The number of rotatable bonds is 4. The Morgan fingerprint density at radius 1 is 1.19 bits per heavy atom. The van der Waals surface area contributed by atoms with E-state index in [1.54, 1.807) is 6.07 Å². The van der Waals surface area contributed by atoms with Crippen molar-refractivity contribution < 1.29 is 27.9 Å². The highest BCUT2D eigenvalue weighted by Gasteiger charge is 2.34. The van der Waals surface area contributed by atoms with Gasteiger partial charge in [0.1, 0.15) is 29.1 Å². The fourth-order valence-electron chi connectivity index (χ4n) is 2.78. The first-order chi connectivity index (χ1) is 12.8. The number of carbonyl (C=O) groups excluding carboxylic acids is 3. The summed E-state index contributed by atoms with van der Waals surface area (Å²) in [5, 5.41) is 2.17. The largest absolute Gasteiger partial charge is 0.482 e. The van der Waals surface area contributed by atoms with Crippen LogP contribution < -0.4 is 15.0 Å². The smallest absolute Gasteiger partial charge is 0.265 e. The second kappa shape index (κ2) is 7.14. The van der Waals surface area contributed by atoms with Crippen LogP contribution in [0.5, 0.6) is 5.75 Å². The molecule has 2 aromatic rings. The van der Waals surface area contributed by atoms with E-state index in [2.05, 4.69) is 5.32 Å². The van der Waals surface area contributed by atoms with Gasteiger partial charge in [-0.3, -0.25) is 19.3 Å². The number of nitrogens with one attached hydrogen (secondary N) is 1. The number of anilines is 2. The molecule has 140 valence electrons. The molecule has 6 nitrogen and oxygen atoms in total. The Morgan fingerprint density at radius 3 is 2.48 bits per heavy atom. The summed E-state index contributed by atoms with van der Waals surface area (Å²) in [6.07, 6.45) is 0. The Labute approximate surface area is 153 Å². The number of ether oxygens (including phenoxy) is 1. The highest BCUT2D eigenvalue weighted by atomic mass is 19.1. The molecule has 1 atom stereocenters. The number of benzene rings is 2. The van der Waals surface area contributed by atoms with Gasteiger partial charge in [0.05, 0.1) is 5.69 Å². The van der Waals surface area contributed by atoms with Crippen molar-refractivity contribution in [3.05, 3.63) is 53.6 Å². The van der Waals surface area contributed by atoms with Crippen molar-refractivity contribution in [2.75, 3.05) is 16.8 Å². The third-order valence-corrected chi connectivity index (χ3v) is 4.22. The van der Waals surface area contributed by atoms with Crippen LogP contribution in [0.1, 0.15) is 24.2 Å². The van der Waals surface area contributed by atoms with E-state index in [9.17, 15) is 23.2 Å². The van der Waals surface area contributed by atoms with Crippen molar-refractivity contribution in [2.24, 2.45) is 0 Å². The topological polar surface area (TPSA) is 75.7 Å². The van der Waals surface area contributed by atoms with E-state index in [1.165, 1.54) is 32.0 Å². The third kappa shape index (κ3) is 3.51. The van der Waals surface area contributed by atoms with E-state index in [0.29, 0.717) is 11.3 Å². The zero-order valence-corrected chi connectivity index (χ0v) is 14.6. The predicted octanol–water partition coefficient (Wildman–Crippen LogP) is 2.92. The van der Waals surface area contributed by atoms with Gasteiger partial charge in [0, 0.05) is 5.56 Å². The number of carbonyl (C=O) groups is 3. The summed E-state index contributed by atoms with van der Waals surface area (Å²) in [6.45, 7) is 2.49. The number of para-hydroxylation sites is 1. The molecule has 0 radical (unpaired) electrons. The summed E-state index contributed by atoms with van der Waals surface area (Å²) in [4.78, 5) is 37.7. The minimum Gasteiger partial charge on any atom is -0.482 e. The van der Waals surface area contributed by atoms with Crippen LogP contribution in [0, 0.1) is 11.6 Å². The summed E-state index contributed by atoms with van der Waals surface area (Å²) in [7, 11) is 0. The van der Waals surface area contributed by atoms with E-state index in [0.717, 1.165) is 17.0 Å². The minimum absolute atomic E-state index is 0.221. The van der Waals surface area contributed by atoms with Gasteiger partial charge < -0.3 is 10.1 Å². The molecule has 2 amide bonds. The van der Waals surface area contributed by atoms with Crippen molar-refractivity contribution in [3.8, 4) is 5.75 Å². The van der Waals surface area contributed by atoms with E-state index < -0.39 is 35.2 Å². The van der Waals surface area contributed by atoms with Crippen LogP contribution in [-0.4, -0.2) is 30.2 Å². The molecule has 0 bridgehead atoms. The van der Waals surface area contributed by atoms with E-state index >= 15 is 0 Å². The van der Waals surface area contributed by atoms with Crippen LogP contribution in [0.4, 0.5) is 20.2 Å². The fraction of sp³-hybridized carbons (Fsp3) is 0.211. The maximum absolute atomic E-state index is 13.8. The second-order valence-corrected chi connectivity index (χ2v) is 6.05. The maximum Gasteiger partial charge on any atom is 0.265 e. The maximum atomic E-state index is 13.8. The lowest BCUT2D eigenvalue weighted by Gasteiger charge is -2.33. The quantitative estimate of drug-likeness (QED) is 0.835.